The van der Waals surface area contributed by atoms with Crippen molar-refractivity contribution in [2.75, 3.05) is 11.9 Å². The summed E-state index contributed by atoms with van der Waals surface area (Å²) < 4.78 is 15.4. The summed E-state index contributed by atoms with van der Waals surface area (Å²) in [5.41, 5.74) is 5.71. The molecule has 0 aliphatic heterocycles. The Kier molecular flexibility index (Phi) is 5.29. The second kappa shape index (κ2) is 8.40. The van der Waals surface area contributed by atoms with Gasteiger partial charge in [-0.2, -0.15) is 0 Å². The monoisotopic (exact) mass is 440 g/mol. The topological polar surface area (TPSA) is 33.4 Å². The Labute approximate surface area is 189 Å². The number of rotatable bonds is 5. The first-order chi connectivity index (χ1) is 15.6. The number of anilines is 2. The fourth-order valence-electron chi connectivity index (χ4n) is 3.60. The first-order valence-electron chi connectivity index (χ1n) is 10.3. The highest BCUT2D eigenvalue weighted by Crippen LogP contribution is 2.34. The lowest BCUT2D eigenvalue weighted by Gasteiger charge is -2.16. The Morgan fingerprint density at radius 1 is 0.938 bits per heavy atom. The Bertz CT molecular complexity index is 1400. The van der Waals surface area contributed by atoms with Crippen molar-refractivity contribution < 1.29 is 4.39 Å². The zero-order valence-electron chi connectivity index (χ0n) is 17.7. The summed E-state index contributed by atoms with van der Waals surface area (Å²) in [5, 5.41) is 2.83. The van der Waals surface area contributed by atoms with E-state index in [0.717, 1.165) is 44.7 Å². The SMILES string of the molecule is Cc1ccc2nc(/C=C/c3ccccc3)c(N(C)c3nc(-c4ccc(F)cc4)cs3)n2c1. The maximum atomic E-state index is 13.3. The van der Waals surface area contributed by atoms with Gasteiger partial charge in [0.15, 0.2) is 5.13 Å². The van der Waals surface area contributed by atoms with Crippen molar-refractivity contribution >= 4 is 40.1 Å². The number of benzene rings is 2. The van der Waals surface area contributed by atoms with Crippen molar-refractivity contribution in [2.45, 2.75) is 6.92 Å². The average molecular weight is 441 g/mol. The molecule has 3 aromatic heterocycles. The number of fused-ring (bicyclic) bond motifs is 1. The molecule has 0 atom stereocenters. The van der Waals surface area contributed by atoms with Crippen LogP contribution < -0.4 is 4.90 Å². The number of thiazole rings is 1. The van der Waals surface area contributed by atoms with Gasteiger partial charge in [0.05, 0.1) is 5.69 Å². The fraction of sp³-hybridized carbons (Fsp3) is 0.0769. The van der Waals surface area contributed by atoms with Gasteiger partial charge in [-0.05, 0) is 54.5 Å². The summed E-state index contributed by atoms with van der Waals surface area (Å²) in [6.45, 7) is 2.07. The predicted octanol–water partition coefficient (Wildman–Crippen LogP) is 6.84. The van der Waals surface area contributed by atoms with Crippen molar-refractivity contribution in [1.29, 1.82) is 0 Å². The summed E-state index contributed by atoms with van der Waals surface area (Å²) in [7, 11) is 2.00. The molecule has 2 aromatic carbocycles. The molecular weight excluding hydrogens is 419 g/mol. The summed E-state index contributed by atoms with van der Waals surface area (Å²) >= 11 is 1.55. The first kappa shape index (κ1) is 20.2. The van der Waals surface area contributed by atoms with E-state index in [4.69, 9.17) is 9.97 Å². The molecule has 0 bridgehead atoms. The number of aromatic nitrogens is 3. The number of imidazole rings is 1. The summed E-state index contributed by atoms with van der Waals surface area (Å²) in [6, 6.07) is 20.7. The van der Waals surface area contributed by atoms with Crippen molar-refractivity contribution in [3.8, 4) is 11.3 Å². The summed E-state index contributed by atoms with van der Waals surface area (Å²) in [4.78, 5) is 11.7. The van der Waals surface area contributed by atoms with Crippen LogP contribution in [-0.2, 0) is 0 Å². The second-order valence-electron chi connectivity index (χ2n) is 7.58. The van der Waals surface area contributed by atoms with Crippen LogP contribution in [-0.4, -0.2) is 21.4 Å². The fourth-order valence-corrected chi connectivity index (χ4v) is 4.40. The minimum atomic E-state index is -0.253. The molecule has 0 aliphatic carbocycles. The Morgan fingerprint density at radius 2 is 1.72 bits per heavy atom. The Balaban J connectivity index is 1.57. The highest BCUT2D eigenvalue weighted by molar-refractivity contribution is 7.14. The quantitative estimate of drug-likeness (QED) is 0.300. The number of hydrogen-bond acceptors (Lipinski definition) is 4. The van der Waals surface area contributed by atoms with Crippen LogP contribution in [0.2, 0.25) is 0 Å². The van der Waals surface area contributed by atoms with Crippen molar-refractivity contribution in [2.24, 2.45) is 0 Å². The van der Waals surface area contributed by atoms with Crippen LogP contribution in [0, 0.1) is 12.7 Å². The molecule has 0 N–H and O–H groups in total. The maximum Gasteiger partial charge on any atom is 0.191 e. The molecule has 6 heteroatoms. The maximum absolute atomic E-state index is 13.3. The minimum Gasteiger partial charge on any atom is -0.305 e. The van der Waals surface area contributed by atoms with Gasteiger partial charge in [0, 0.05) is 24.2 Å². The van der Waals surface area contributed by atoms with E-state index in [9.17, 15) is 4.39 Å². The largest absolute Gasteiger partial charge is 0.305 e. The number of nitrogens with zero attached hydrogens (tertiary/aromatic N) is 4. The number of hydrogen-bond donors (Lipinski definition) is 0. The molecule has 0 saturated carbocycles. The standard InChI is InChI=1S/C26H21FN4S/c1-18-8-15-24-28-22(14-9-19-6-4-3-5-7-19)25(31(24)16-18)30(2)26-29-23(17-32-26)20-10-12-21(27)13-11-20/h3-17H,1-2H3/b14-9+. The molecule has 32 heavy (non-hydrogen) atoms. The van der Waals surface area contributed by atoms with Crippen molar-refractivity contribution in [1.82, 2.24) is 14.4 Å². The van der Waals surface area contributed by atoms with Crippen LogP contribution in [0.1, 0.15) is 16.8 Å². The molecule has 4 nitrogen and oxygen atoms in total. The molecule has 0 saturated heterocycles. The lowest BCUT2D eigenvalue weighted by molar-refractivity contribution is 0.628. The first-order valence-corrected chi connectivity index (χ1v) is 11.1. The van der Waals surface area contributed by atoms with Gasteiger partial charge in [-0.25, -0.2) is 14.4 Å². The van der Waals surface area contributed by atoms with E-state index in [1.54, 1.807) is 23.5 Å². The molecule has 0 aliphatic rings. The van der Waals surface area contributed by atoms with Crippen LogP contribution in [0.4, 0.5) is 15.3 Å². The van der Waals surface area contributed by atoms with Crippen LogP contribution in [0.5, 0.6) is 0 Å². The molecule has 5 rings (SSSR count). The summed E-state index contributed by atoms with van der Waals surface area (Å²) in [6.07, 6.45) is 6.19. The number of halogens is 1. The Morgan fingerprint density at radius 3 is 2.50 bits per heavy atom. The number of pyridine rings is 1. The van der Waals surface area contributed by atoms with E-state index in [2.05, 4.69) is 46.7 Å². The molecule has 0 spiro atoms. The van der Waals surface area contributed by atoms with Crippen LogP contribution >= 0.6 is 11.3 Å². The predicted molar refractivity (Wildman–Crippen MR) is 131 cm³/mol. The molecule has 3 heterocycles. The molecule has 158 valence electrons. The molecule has 0 unspecified atom stereocenters. The second-order valence-corrected chi connectivity index (χ2v) is 8.42. The average Bonchev–Trinajstić information content (AvgIpc) is 3.43. The van der Waals surface area contributed by atoms with Gasteiger partial charge < -0.3 is 4.90 Å². The highest BCUT2D eigenvalue weighted by atomic mass is 32.1. The van der Waals surface area contributed by atoms with E-state index >= 15 is 0 Å². The molecular formula is C26H21FN4S. The van der Waals surface area contributed by atoms with E-state index in [1.165, 1.54) is 12.1 Å². The molecule has 0 amide bonds. The van der Waals surface area contributed by atoms with Gasteiger partial charge in [-0.1, -0.05) is 42.5 Å². The van der Waals surface area contributed by atoms with Crippen molar-refractivity contribution in [3.63, 3.8) is 0 Å². The van der Waals surface area contributed by atoms with Gasteiger partial charge in [-0.3, -0.25) is 4.40 Å². The Hall–Kier alpha value is -3.77. The van der Waals surface area contributed by atoms with E-state index in [0.29, 0.717) is 0 Å². The van der Waals surface area contributed by atoms with Crippen LogP contribution in [0.3, 0.4) is 0 Å². The van der Waals surface area contributed by atoms with Gasteiger partial charge in [0.2, 0.25) is 0 Å². The van der Waals surface area contributed by atoms with Gasteiger partial charge >= 0.3 is 0 Å². The summed E-state index contributed by atoms with van der Waals surface area (Å²) in [5.74, 6) is 0.688. The molecule has 0 radical (unpaired) electrons. The third-order valence-corrected chi connectivity index (χ3v) is 6.15. The van der Waals surface area contributed by atoms with Gasteiger partial charge in [0.1, 0.15) is 23.0 Å². The smallest absolute Gasteiger partial charge is 0.191 e. The highest BCUT2D eigenvalue weighted by Gasteiger charge is 2.19. The third-order valence-electron chi connectivity index (χ3n) is 5.24. The van der Waals surface area contributed by atoms with Crippen LogP contribution in [0.15, 0.2) is 78.3 Å². The zero-order chi connectivity index (χ0) is 22.1. The normalized spacial score (nSPS) is 11.5. The van der Waals surface area contributed by atoms with E-state index in [-0.39, 0.29) is 5.82 Å². The van der Waals surface area contributed by atoms with Crippen LogP contribution in [0.25, 0.3) is 29.1 Å². The van der Waals surface area contributed by atoms with Gasteiger partial charge in [-0.15, -0.1) is 11.3 Å². The van der Waals surface area contributed by atoms with Gasteiger partial charge in [0.25, 0.3) is 0 Å². The molecule has 5 aromatic rings. The van der Waals surface area contributed by atoms with E-state index < -0.39 is 0 Å². The van der Waals surface area contributed by atoms with E-state index in [1.807, 2.05) is 42.8 Å². The lowest BCUT2D eigenvalue weighted by atomic mass is 10.2. The minimum absolute atomic E-state index is 0.253. The lowest BCUT2D eigenvalue weighted by Crippen LogP contribution is -2.13. The third kappa shape index (κ3) is 3.92. The molecule has 0 fully saturated rings. The zero-order valence-corrected chi connectivity index (χ0v) is 18.6. The van der Waals surface area contributed by atoms with Crippen molar-refractivity contribution in [3.05, 3.63) is 101 Å². The number of aryl methyl sites for hydroxylation is 1.